The molecule has 1 aliphatic heterocycles. The normalized spacial score (nSPS) is 20.4. The number of aromatic nitrogens is 3. The molecule has 1 unspecified atom stereocenters. The predicted molar refractivity (Wildman–Crippen MR) is 52.7 cm³/mol. The van der Waals surface area contributed by atoms with Gasteiger partial charge in [0.25, 0.3) is 0 Å². The largest absolute Gasteiger partial charge is 0.347 e. The van der Waals surface area contributed by atoms with Crippen LogP contribution in [0, 0.1) is 0 Å². The number of hydrogen-bond acceptors (Lipinski definition) is 4. The Morgan fingerprint density at radius 2 is 2.36 bits per heavy atom. The van der Waals surface area contributed by atoms with E-state index in [9.17, 15) is 4.79 Å². The summed E-state index contributed by atoms with van der Waals surface area (Å²) < 4.78 is 1.65. The first kappa shape index (κ1) is 8.93. The van der Waals surface area contributed by atoms with Crippen molar-refractivity contribution in [1.82, 2.24) is 14.8 Å². The summed E-state index contributed by atoms with van der Waals surface area (Å²) in [4.78, 5) is 15.4. The smallest absolute Gasteiger partial charge is 0.226 e. The molecule has 0 amide bonds. The molecular weight excluding hydrogens is 180 g/mol. The van der Waals surface area contributed by atoms with Crippen LogP contribution in [0.15, 0.2) is 11.9 Å². The number of anilines is 1. The Balaban J connectivity index is 2.59. The summed E-state index contributed by atoms with van der Waals surface area (Å²) in [5, 5.41) is 7.15. The van der Waals surface area contributed by atoms with Gasteiger partial charge in [0.2, 0.25) is 5.95 Å². The standard InChI is InChI=1S/C9H12N4O/c1-5-8(7(3)14)6(2)13-9(12-5)10-4-11-13/h4-5H,1-3H3,(H,10,11,12). The second-order valence-electron chi connectivity index (χ2n) is 3.42. The number of nitrogens with zero attached hydrogens (tertiary/aromatic N) is 3. The maximum Gasteiger partial charge on any atom is 0.226 e. The highest BCUT2D eigenvalue weighted by molar-refractivity contribution is 6.00. The number of Topliss-reactive ketones (excluding diaryl/α,β-unsaturated/α-hetero) is 1. The van der Waals surface area contributed by atoms with E-state index in [1.807, 2.05) is 13.8 Å². The van der Waals surface area contributed by atoms with Crippen LogP contribution in [0.2, 0.25) is 0 Å². The predicted octanol–water partition coefficient (Wildman–Crippen LogP) is 0.912. The molecule has 74 valence electrons. The maximum atomic E-state index is 11.4. The first-order chi connectivity index (χ1) is 6.61. The van der Waals surface area contributed by atoms with Gasteiger partial charge in [-0.1, -0.05) is 0 Å². The molecule has 1 aromatic rings. The first-order valence-corrected chi connectivity index (χ1v) is 4.50. The van der Waals surface area contributed by atoms with E-state index in [0.717, 1.165) is 11.3 Å². The van der Waals surface area contributed by atoms with Gasteiger partial charge in [-0.25, -0.2) is 4.68 Å². The second kappa shape index (κ2) is 2.94. The minimum absolute atomic E-state index is 0.00389. The Bertz CT molecular complexity index is 418. The molecule has 0 aromatic carbocycles. The molecule has 0 spiro atoms. The van der Waals surface area contributed by atoms with E-state index in [4.69, 9.17) is 0 Å². The molecule has 1 atom stereocenters. The molecule has 0 bridgehead atoms. The van der Waals surface area contributed by atoms with Crippen molar-refractivity contribution in [3.63, 3.8) is 0 Å². The van der Waals surface area contributed by atoms with Gasteiger partial charge in [0.05, 0.1) is 11.7 Å². The van der Waals surface area contributed by atoms with Crippen molar-refractivity contribution in [1.29, 1.82) is 0 Å². The van der Waals surface area contributed by atoms with Gasteiger partial charge in [-0.15, -0.1) is 0 Å². The Morgan fingerprint density at radius 3 is 3.00 bits per heavy atom. The van der Waals surface area contributed by atoms with Crippen LogP contribution >= 0.6 is 0 Å². The van der Waals surface area contributed by atoms with E-state index in [2.05, 4.69) is 15.4 Å². The number of ketones is 1. The number of allylic oxidation sites excluding steroid dienone is 1. The van der Waals surface area contributed by atoms with Gasteiger partial charge in [-0.3, -0.25) is 4.79 Å². The lowest BCUT2D eigenvalue weighted by Gasteiger charge is -2.24. The fourth-order valence-corrected chi connectivity index (χ4v) is 1.84. The second-order valence-corrected chi connectivity index (χ2v) is 3.42. The molecule has 5 nitrogen and oxygen atoms in total. The van der Waals surface area contributed by atoms with Gasteiger partial charge in [0, 0.05) is 5.57 Å². The fraction of sp³-hybridized carbons (Fsp3) is 0.444. The number of fused-ring (bicyclic) bond motifs is 1. The third kappa shape index (κ3) is 1.13. The molecule has 0 saturated carbocycles. The summed E-state index contributed by atoms with van der Waals surface area (Å²) in [6, 6.07) is 0.00389. The molecule has 5 heteroatoms. The molecule has 1 N–H and O–H groups in total. The first-order valence-electron chi connectivity index (χ1n) is 4.50. The van der Waals surface area contributed by atoms with Crippen molar-refractivity contribution in [2.45, 2.75) is 26.8 Å². The van der Waals surface area contributed by atoms with Crippen molar-refractivity contribution >= 4 is 17.4 Å². The van der Waals surface area contributed by atoms with Gasteiger partial charge in [-0.05, 0) is 20.8 Å². The molecule has 1 aliphatic rings. The summed E-state index contributed by atoms with van der Waals surface area (Å²) >= 11 is 0. The number of rotatable bonds is 1. The van der Waals surface area contributed by atoms with E-state index in [0.29, 0.717) is 5.95 Å². The fourth-order valence-electron chi connectivity index (χ4n) is 1.84. The van der Waals surface area contributed by atoms with E-state index in [-0.39, 0.29) is 11.8 Å². The number of nitrogens with one attached hydrogen (secondary N) is 1. The molecular formula is C9H12N4O. The Labute approximate surface area is 81.8 Å². The summed E-state index contributed by atoms with van der Waals surface area (Å²) in [7, 11) is 0. The van der Waals surface area contributed by atoms with Gasteiger partial charge < -0.3 is 5.32 Å². The third-order valence-corrected chi connectivity index (χ3v) is 2.41. The Morgan fingerprint density at radius 1 is 1.64 bits per heavy atom. The highest BCUT2D eigenvalue weighted by Crippen LogP contribution is 2.24. The van der Waals surface area contributed by atoms with Crippen molar-refractivity contribution in [3.8, 4) is 0 Å². The molecule has 0 radical (unpaired) electrons. The highest BCUT2D eigenvalue weighted by Gasteiger charge is 2.25. The maximum absolute atomic E-state index is 11.4. The molecule has 0 aliphatic carbocycles. The van der Waals surface area contributed by atoms with Crippen LogP contribution in [0.25, 0.3) is 5.70 Å². The van der Waals surface area contributed by atoms with Gasteiger partial charge in [0.15, 0.2) is 5.78 Å². The summed E-state index contributed by atoms with van der Waals surface area (Å²) in [5.41, 5.74) is 1.62. The van der Waals surface area contributed by atoms with Crippen LogP contribution in [0.1, 0.15) is 20.8 Å². The van der Waals surface area contributed by atoms with Crippen LogP contribution in [0.5, 0.6) is 0 Å². The SMILES string of the molecule is CC(=O)C1=C(C)n2ncnc2NC1C. The van der Waals surface area contributed by atoms with Crippen molar-refractivity contribution in [2.75, 3.05) is 5.32 Å². The number of carbonyl (C=O) groups is 1. The lowest BCUT2D eigenvalue weighted by Crippen LogP contribution is -2.30. The summed E-state index contributed by atoms with van der Waals surface area (Å²) in [5.74, 6) is 0.767. The van der Waals surface area contributed by atoms with Crippen molar-refractivity contribution in [2.24, 2.45) is 0 Å². The monoisotopic (exact) mass is 192 g/mol. The average molecular weight is 192 g/mol. The topological polar surface area (TPSA) is 59.8 Å². The zero-order valence-electron chi connectivity index (χ0n) is 8.40. The van der Waals surface area contributed by atoms with Crippen molar-refractivity contribution in [3.05, 3.63) is 11.9 Å². The quantitative estimate of drug-likeness (QED) is 0.718. The van der Waals surface area contributed by atoms with Crippen LogP contribution < -0.4 is 5.32 Å². The number of carbonyl (C=O) groups excluding carboxylic acids is 1. The van der Waals surface area contributed by atoms with Crippen molar-refractivity contribution < 1.29 is 4.79 Å². The molecule has 14 heavy (non-hydrogen) atoms. The molecule has 2 heterocycles. The van der Waals surface area contributed by atoms with E-state index < -0.39 is 0 Å². The zero-order chi connectivity index (χ0) is 10.3. The van der Waals surface area contributed by atoms with Gasteiger partial charge >= 0.3 is 0 Å². The van der Waals surface area contributed by atoms with Gasteiger partial charge in [0.1, 0.15) is 6.33 Å². The molecule has 0 fully saturated rings. The number of hydrogen-bond donors (Lipinski definition) is 1. The van der Waals surface area contributed by atoms with E-state index in [1.165, 1.54) is 6.33 Å². The highest BCUT2D eigenvalue weighted by atomic mass is 16.1. The molecule has 2 rings (SSSR count). The summed E-state index contributed by atoms with van der Waals surface area (Å²) in [6.07, 6.45) is 1.47. The summed E-state index contributed by atoms with van der Waals surface area (Å²) in [6.45, 7) is 5.39. The van der Waals surface area contributed by atoms with Crippen LogP contribution in [-0.4, -0.2) is 26.6 Å². The molecule has 0 saturated heterocycles. The van der Waals surface area contributed by atoms with E-state index in [1.54, 1.807) is 11.6 Å². The minimum Gasteiger partial charge on any atom is -0.347 e. The van der Waals surface area contributed by atoms with Crippen LogP contribution in [0.3, 0.4) is 0 Å². The minimum atomic E-state index is 0.00389. The lowest BCUT2D eigenvalue weighted by molar-refractivity contribution is -0.113. The Kier molecular flexibility index (Phi) is 1.87. The van der Waals surface area contributed by atoms with Crippen LogP contribution in [0.4, 0.5) is 5.95 Å². The molecule has 1 aromatic heterocycles. The lowest BCUT2D eigenvalue weighted by atomic mass is 10.0. The van der Waals surface area contributed by atoms with Crippen LogP contribution in [-0.2, 0) is 4.79 Å². The van der Waals surface area contributed by atoms with Gasteiger partial charge in [-0.2, -0.15) is 10.1 Å². The zero-order valence-corrected chi connectivity index (χ0v) is 8.40. The average Bonchev–Trinajstić information content (AvgIpc) is 2.50. The third-order valence-electron chi connectivity index (χ3n) is 2.41. The Hall–Kier alpha value is -1.65. The van der Waals surface area contributed by atoms with E-state index >= 15 is 0 Å².